The van der Waals surface area contributed by atoms with Crippen molar-refractivity contribution in [2.24, 2.45) is 5.92 Å². The van der Waals surface area contributed by atoms with Gasteiger partial charge < -0.3 is 10.2 Å². The fraction of sp³-hybridized carbons (Fsp3) is 0.500. The number of carbonyl (C=O) groups excluding carboxylic acids is 2. The maximum atomic E-state index is 13.3. The van der Waals surface area contributed by atoms with Gasteiger partial charge >= 0.3 is 0 Å². The predicted octanol–water partition coefficient (Wildman–Crippen LogP) is 5.33. The van der Waals surface area contributed by atoms with Crippen molar-refractivity contribution in [3.05, 3.63) is 29.0 Å². The van der Waals surface area contributed by atoms with E-state index < -0.39 is 0 Å². The number of aromatic nitrogens is 1. The van der Waals surface area contributed by atoms with E-state index in [0.717, 1.165) is 32.2 Å². The quantitative estimate of drug-likeness (QED) is 0.630. The van der Waals surface area contributed by atoms with Crippen molar-refractivity contribution in [1.29, 1.82) is 0 Å². The molecule has 1 N–H and O–H groups in total. The number of amides is 2. The van der Waals surface area contributed by atoms with E-state index in [1.54, 1.807) is 11.8 Å². The van der Waals surface area contributed by atoms with Gasteiger partial charge in [-0.25, -0.2) is 4.98 Å². The molecule has 0 bridgehead atoms. The number of rotatable bonds is 6. The summed E-state index contributed by atoms with van der Waals surface area (Å²) in [7, 11) is 0. The zero-order valence-corrected chi connectivity index (χ0v) is 19.2. The highest BCUT2D eigenvalue weighted by Gasteiger charge is 2.40. The first-order valence-electron chi connectivity index (χ1n) is 10.1. The number of fused-ring (bicyclic) bond motifs is 1. The number of thiazole rings is 1. The van der Waals surface area contributed by atoms with Crippen molar-refractivity contribution in [3.63, 3.8) is 0 Å². The molecule has 1 aromatic heterocycles. The Kier molecular flexibility index (Phi) is 5.46. The van der Waals surface area contributed by atoms with Gasteiger partial charge in [0.05, 0.1) is 16.1 Å². The second-order valence-electron chi connectivity index (χ2n) is 8.30. The minimum Gasteiger partial charge on any atom is -0.331 e. The summed E-state index contributed by atoms with van der Waals surface area (Å²) < 4.78 is 0. The summed E-state index contributed by atoms with van der Waals surface area (Å²) in [5, 5.41) is 3.78. The van der Waals surface area contributed by atoms with Crippen LogP contribution in [0.15, 0.2) is 17.0 Å². The van der Waals surface area contributed by atoms with E-state index in [2.05, 4.69) is 48.1 Å². The Morgan fingerprint density at radius 2 is 2.03 bits per heavy atom. The molecule has 7 heteroatoms. The fourth-order valence-corrected chi connectivity index (χ4v) is 5.99. The van der Waals surface area contributed by atoms with Crippen LogP contribution in [0.3, 0.4) is 0 Å². The fourth-order valence-electron chi connectivity index (χ4n) is 3.95. The largest absolute Gasteiger partial charge is 0.331 e. The number of hydrogen-bond acceptors (Lipinski definition) is 5. The van der Waals surface area contributed by atoms with Gasteiger partial charge in [-0.05, 0) is 55.9 Å². The third kappa shape index (κ3) is 4.08. The van der Waals surface area contributed by atoms with Crippen LogP contribution in [0.25, 0.3) is 10.4 Å². The minimum atomic E-state index is -0.120. The van der Waals surface area contributed by atoms with Crippen molar-refractivity contribution in [1.82, 2.24) is 9.88 Å². The molecule has 154 valence electrons. The van der Waals surface area contributed by atoms with Crippen molar-refractivity contribution in [2.45, 2.75) is 70.2 Å². The highest BCUT2D eigenvalue weighted by molar-refractivity contribution is 8.00. The third-order valence-electron chi connectivity index (χ3n) is 5.50. The van der Waals surface area contributed by atoms with Crippen LogP contribution in [-0.2, 0) is 11.3 Å². The Hall–Kier alpha value is -1.86. The van der Waals surface area contributed by atoms with Crippen LogP contribution in [0.1, 0.15) is 62.2 Å². The third-order valence-corrected chi connectivity index (χ3v) is 7.67. The Balaban J connectivity index is 1.75. The molecule has 4 rings (SSSR count). The molecule has 1 fully saturated rings. The van der Waals surface area contributed by atoms with Gasteiger partial charge in [0.1, 0.15) is 0 Å². The molecule has 1 atom stereocenters. The summed E-state index contributed by atoms with van der Waals surface area (Å²) >= 11 is 3.23. The standard InChI is InChI=1S/C22H27N3O2S2/c1-11(2)28-18-9-16(20-12(3)23-22(29-20)24-14(5)26)8-17-10-25(21(27)19(17)18)13(4)15-6-7-15/h8-9,11,13,15H,6-7,10H2,1-5H3,(H,23,24,26). The Labute approximate surface area is 180 Å². The molecule has 1 aliphatic carbocycles. The van der Waals surface area contributed by atoms with Gasteiger partial charge in [-0.2, -0.15) is 0 Å². The first-order chi connectivity index (χ1) is 13.7. The zero-order valence-electron chi connectivity index (χ0n) is 17.5. The second kappa shape index (κ2) is 7.76. The number of carbonyl (C=O) groups is 2. The van der Waals surface area contributed by atoms with Crippen molar-refractivity contribution in [2.75, 3.05) is 5.32 Å². The van der Waals surface area contributed by atoms with Gasteiger partial charge in [-0.1, -0.05) is 25.2 Å². The summed E-state index contributed by atoms with van der Waals surface area (Å²) in [4.78, 5) is 33.3. The van der Waals surface area contributed by atoms with Gasteiger partial charge in [0.25, 0.3) is 5.91 Å². The van der Waals surface area contributed by atoms with Crippen LogP contribution in [0.4, 0.5) is 5.13 Å². The van der Waals surface area contributed by atoms with E-state index in [0.29, 0.717) is 28.9 Å². The lowest BCUT2D eigenvalue weighted by Crippen LogP contribution is -2.34. The summed E-state index contributed by atoms with van der Waals surface area (Å²) in [6, 6.07) is 4.58. The van der Waals surface area contributed by atoms with Crippen LogP contribution < -0.4 is 5.32 Å². The number of aryl methyl sites for hydroxylation is 1. The number of hydrogen-bond donors (Lipinski definition) is 1. The lowest BCUT2D eigenvalue weighted by atomic mass is 10.0. The van der Waals surface area contributed by atoms with E-state index in [-0.39, 0.29) is 11.8 Å². The molecule has 0 saturated heterocycles. The van der Waals surface area contributed by atoms with Gasteiger partial charge in [0.15, 0.2) is 5.13 Å². The lowest BCUT2D eigenvalue weighted by molar-refractivity contribution is -0.114. The minimum absolute atomic E-state index is 0.120. The molecule has 1 aromatic carbocycles. The van der Waals surface area contributed by atoms with Crippen LogP contribution in [0.2, 0.25) is 0 Å². The number of nitrogens with zero attached hydrogens (tertiary/aromatic N) is 2. The average Bonchev–Trinajstić information content (AvgIpc) is 3.33. The number of nitrogens with one attached hydrogen (secondary N) is 1. The molecule has 1 aliphatic heterocycles. The maximum Gasteiger partial charge on any atom is 0.255 e. The highest BCUT2D eigenvalue weighted by Crippen LogP contribution is 2.43. The summed E-state index contributed by atoms with van der Waals surface area (Å²) in [6.07, 6.45) is 2.46. The molecule has 2 aliphatic rings. The number of anilines is 1. The first kappa shape index (κ1) is 20.4. The lowest BCUT2D eigenvalue weighted by Gasteiger charge is -2.24. The summed E-state index contributed by atoms with van der Waals surface area (Å²) in [6.45, 7) is 10.6. The molecule has 1 saturated carbocycles. The van der Waals surface area contributed by atoms with Crippen LogP contribution in [-0.4, -0.2) is 33.0 Å². The van der Waals surface area contributed by atoms with Crippen LogP contribution in [0, 0.1) is 12.8 Å². The molecular formula is C22H27N3O2S2. The van der Waals surface area contributed by atoms with Crippen molar-refractivity contribution >= 4 is 40.0 Å². The zero-order chi connectivity index (χ0) is 20.9. The molecule has 2 amide bonds. The van der Waals surface area contributed by atoms with E-state index in [1.807, 2.05) is 6.92 Å². The van der Waals surface area contributed by atoms with Crippen molar-refractivity contribution in [3.8, 4) is 10.4 Å². The Morgan fingerprint density at radius 1 is 1.31 bits per heavy atom. The molecule has 2 heterocycles. The van der Waals surface area contributed by atoms with Gasteiger partial charge in [0.2, 0.25) is 5.91 Å². The smallest absolute Gasteiger partial charge is 0.255 e. The normalized spacial score (nSPS) is 17.0. The van der Waals surface area contributed by atoms with Crippen LogP contribution >= 0.6 is 23.1 Å². The maximum absolute atomic E-state index is 13.3. The average molecular weight is 430 g/mol. The van der Waals surface area contributed by atoms with Crippen LogP contribution in [0.5, 0.6) is 0 Å². The Morgan fingerprint density at radius 3 is 2.66 bits per heavy atom. The first-order valence-corrected chi connectivity index (χ1v) is 11.8. The second-order valence-corrected chi connectivity index (χ2v) is 10.9. The van der Waals surface area contributed by atoms with E-state index in [1.165, 1.54) is 31.1 Å². The van der Waals surface area contributed by atoms with Gasteiger partial charge in [-0.3, -0.25) is 9.59 Å². The Bertz CT molecular complexity index is 979. The van der Waals surface area contributed by atoms with Gasteiger partial charge in [0, 0.05) is 29.7 Å². The number of benzene rings is 1. The molecule has 0 spiro atoms. The topological polar surface area (TPSA) is 62.3 Å². The number of thioether (sulfide) groups is 1. The van der Waals surface area contributed by atoms with E-state index >= 15 is 0 Å². The highest BCUT2D eigenvalue weighted by atomic mass is 32.2. The molecular weight excluding hydrogens is 402 g/mol. The predicted molar refractivity (Wildman–Crippen MR) is 120 cm³/mol. The SMILES string of the molecule is CC(=O)Nc1nc(C)c(-c2cc3c(c(SC(C)C)c2)C(=O)N(C(C)C2CC2)C3)s1. The van der Waals surface area contributed by atoms with Gasteiger partial charge in [-0.15, -0.1) is 11.8 Å². The van der Waals surface area contributed by atoms with E-state index in [4.69, 9.17) is 0 Å². The van der Waals surface area contributed by atoms with E-state index in [9.17, 15) is 9.59 Å². The summed E-state index contributed by atoms with van der Waals surface area (Å²) in [5.41, 5.74) is 3.96. The molecule has 2 aromatic rings. The monoisotopic (exact) mass is 429 g/mol. The molecule has 0 radical (unpaired) electrons. The molecule has 29 heavy (non-hydrogen) atoms. The van der Waals surface area contributed by atoms with Crippen molar-refractivity contribution < 1.29 is 9.59 Å². The summed E-state index contributed by atoms with van der Waals surface area (Å²) in [5.74, 6) is 0.706. The molecule has 1 unspecified atom stereocenters. The molecule has 5 nitrogen and oxygen atoms in total.